The van der Waals surface area contributed by atoms with Gasteiger partial charge in [0.15, 0.2) is 11.1 Å². The van der Waals surface area contributed by atoms with Crippen LogP contribution in [-0.2, 0) is 22.5 Å². The van der Waals surface area contributed by atoms with E-state index in [9.17, 15) is 4.79 Å². The van der Waals surface area contributed by atoms with Gasteiger partial charge in [-0.3, -0.25) is 15.1 Å². The molecule has 1 aliphatic heterocycles. The summed E-state index contributed by atoms with van der Waals surface area (Å²) in [5.41, 5.74) is 6.36. The summed E-state index contributed by atoms with van der Waals surface area (Å²) in [7, 11) is 0. The average Bonchev–Trinajstić information content (AvgIpc) is 2.77. The van der Waals surface area contributed by atoms with Gasteiger partial charge in [-0.25, -0.2) is 4.98 Å². The summed E-state index contributed by atoms with van der Waals surface area (Å²) in [6, 6.07) is 0. The number of carbonyl (C=O) groups excluding carboxylic acids is 1. The highest BCUT2D eigenvalue weighted by Crippen LogP contribution is 2.28. The molecule has 0 amide bonds. The van der Waals surface area contributed by atoms with Gasteiger partial charge in [0.2, 0.25) is 0 Å². The quantitative estimate of drug-likeness (QED) is 0.421. The van der Waals surface area contributed by atoms with E-state index in [2.05, 4.69) is 15.2 Å². The lowest BCUT2D eigenvalue weighted by Crippen LogP contribution is -2.32. The van der Waals surface area contributed by atoms with Crippen LogP contribution in [0.25, 0.3) is 0 Å². The SMILES string of the molecule is CCOC(=O)CCN1CCc2nc(NC(=N)N)sc2C1. The number of hydrogen-bond acceptors (Lipinski definition) is 6. The number of anilines is 1. The number of nitrogens with one attached hydrogen (secondary N) is 2. The number of nitrogens with two attached hydrogens (primary N) is 1. The Kier molecular flexibility index (Phi) is 4.91. The van der Waals surface area contributed by atoms with Crippen molar-refractivity contribution >= 4 is 28.4 Å². The molecule has 0 saturated carbocycles. The van der Waals surface area contributed by atoms with E-state index in [4.69, 9.17) is 15.9 Å². The van der Waals surface area contributed by atoms with Gasteiger partial charge in [0.25, 0.3) is 0 Å². The topological polar surface area (TPSA) is 104 Å². The van der Waals surface area contributed by atoms with Gasteiger partial charge in [0, 0.05) is 30.9 Å². The number of fused-ring (bicyclic) bond motifs is 1. The predicted molar refractivity (Wildman–Crippen MR) is 77.9 cm³/mol. The summed E-state index contributed by atoms with van der Waals surface area (Å²) in [5, 5.41) is 10.6. The third-order valence-electron chi connectivity index (χ3n) is 2.99. The van der Waals surface area contributed by atoms with E-state index in [1.54, 1.807) is 0 Å². The smallest absolute Gasteiger partial charge is 0.307 e. The Labute approximate surface area is 121 Å². The zero-order valence-corrected chi connectivity index (χ0v) is 12.3. The lowest BCUT2D eigenvalue weighted by molar-refractivity contribution is -0.143. The number of carbonyl (C=O) groups is 1. The normalized spacial score (nSPS) is 14.7. The zero-order chi connectivity index (χ0) is 14.5. The number of thiazole rings is 1. The predicted octanol–water partition coefficient (Wildman–Crippen LogP) is 0.760. The third kappa shape index (κ3) is 3.91. The average molecular weight is 297 g/mol. The van der Waals surface area contributed by atoms with E-state index < -0.39 is 0 Å². The molecular weight excluding hydrogens is 278 g/mol. The summed E-state index contributed by atoms with van der Waals surface area (Å²) in [4.78, 5) is 19.2. The molecule has 1 aromatic heterocycles. The summed E-state index contributed by atoms with van der Waals surface area (Å²) >= 11 is 1.51. The van der Waals surface area contributed by atoms with E-state index in [-0.39, 0.29) is 11.9 Å². The molecule has 0 atom stereocenters. The minimum absolute atomic E-state index is 0.102. The molecule has 0 radical (unpaired) electrons. The molecule has 20 heavy (non-hydrogen) atoms. The maximum Gasteiger partial charge on any atom is 0.307 e. The highest BCUT2D eigenvalue weighted by atomic mass is 32.1. The first kappa shape index (κ1) is 14.7. The van der Waals surface area contributed by atoms with Crippen LogP contribution in [0.5, 0.6) is 0 Å². The molecule has 0 fully saturated rings. The molecule has 0 unspecified atom stereocenters. The van der Waals surface area contributed by atoms with Crippen LogP contribution in [0.2, 0.25) is 0 Å². The molecular formula is C12H19N5O2S. The van der Waals surface area contributed by atoms with Crippen molar-refractivity contribution in [3.05, 3.63) is 10.6 Å². The summed E-state index contributed by atoms with van der Waals surface area (Å²) in [5.74, 6) is -0.253. The van der Waals surface area contributed by atoms with Gasteiger partial charge >= 0.3 is 5.97 Å². The first-order chi connectivity index (χ1) is 9.58. The molecule has 0 saturated heterocycles. The Hall–Kier alpha value is -1.67. The van der Waals surface area contributed by atoms with Crippen LogP contribution in [0.3, 0.4) is 0 Å². The summed E-state index contributed by atoms with van der Waals surface area (Å²) in [6.07, 6.45) is 1.27. The number of guanidine groups is 1. The van der Waals surface area contributed by atoms with Gasteiger partial charge in [0.1, 0.15) is 0 Å². The molecule has 7 nitrogen and oxygen atoms in total. The first-order valence-corrected chi connectivity index (χ1v) is 7.37. The van der Waals surface area contributed by atoms with Crippen molar-refractivity contribution in [3.8, 4) is 0 Å². The molecule has 0 spiro atoms. The van der Waals surface area contributed by atoms with Crippen LogP contribution in [0.1, 0.15) is 23.9 Å². The van der Waals surface area contributed by atoms with Gasteiger partial charge in [-0.1, -0.05) is 0 Å². The molecule has 0 bridgehead atoms. The second-order valence-electron chi connectivity index (χ2n) is 4.51. The monoisotopic (exact) mass is 297 g/mol. The number of aromatic nitrogens is 1. The molecule has 0 aromatic carbocycles. The van der Waals surface area contributed by atoms with Crippen LogP contribution < -0.4 is 11.1 Å². The molecule has 0 aliphatic carbocycles. The summed E-state index contributed by atoms with van der Waals surface area (Å²) < 4.78 is 4.93. The van der Waals surface area contributed by atoms with Crippen molar-refractivity contribution in [2.45, 2.75) is 26.3 Å². The van der Waals surface area contributed by atoms with Crippen molar-refractivity contribution in [1.82, 2.24) is 9.88 Å². The van der Waals surface area contributed by atoms with Crippen LogP contribution in [0, 0.1) is 5.41 Å². The highest BCUT2D eigenvalue weighted by Gasteiger charge is 2.21. The Morgan fingerprint density at radius 1 is 1.65 bits per heavy atom. The maximum absolute atomic E-state index is 11.4. The second-order valence-corrected chi connectivity index (χ2v) is 5.59. The maximum atomic E-state index is 11.4. The van der Waals surface area contributed by atoms with Crippen LogP contribution in [-0.4, -0.2) is 41.5 Å². The third-order valence-corrected chi connectivity index (χ3v) is 3.99. The van der Waals surface area contributed by atoms with Crippen LogP contribution in [0.4, 0.5) is 5.13 Å². The van der Waals surface area contributed by atoms with E-state index in [0.29, 0.717) is 24.7 Å². The summed E-state index contributed by atoms with van der Waals surface area (Å²) in [6.45, 7) is 4.61. The standard InChI is InChI=1S/C12H19N5O2S/c1-2-19-10(18)4-6-17-5-3-8-9(7-17)20-12(15-8)16-11(13)14/h2-7H2,1H3,(H4,13,14,15,16). The van der Waals surface area contributed by atoms with Crippen molar-refractivity contribution in [3.63, 3.8) is 0 Å². The lowest BCUT2D eigenvalue weighted by Gasteiger charge is -2.25. The van der Waals surface area contributed by atoms with E-state index >= 15 is 0 Å². The molecule has 2 heterocycles. The first-order valence-electron chi connectivity index (χ1n) is 6.56. The van der Waals surface area contributed by atoms with E-state index in [1.807, 2.05) is 6.92 Å². The number of hydrogen-bond donors (Lipinski definition) is 3. The number of rotatable bonds is 5. The Morgan fingerprint density at radius 2 is 2.45 bits per heavy atom. The van der Waals surface area contributed by atoms with Crippen molar-refractivity contribution in [2.24, 2.45) is 5.73 Å². The van der Waals surface area contributed by atoms with E-state index in [0.717, 1.165) is 25.2 Å². The van der Waals surface area contributed by atoms with Gasteiger partial charge in [-0.2, -0.15) is 0 Å². The van der Waals surface area contributed by atoms with Gasteiger partial charge < -0.3 is 15.8 Å². The molecule has 2 rings (SSSR count). The molecule has 4 N–H and O–H groups in total. The Morgan fingerprint density at radius 3 is 3.15 bits per heavy atom. The number of esters is 1. The highest BCUT2D eigenvalue weighted by molar-refractivity contribution is 7.15. The fourth-order valence-electron chi connectivity index (χ4n) is 2.09. The molecule has 110 valence electrons. The van der Waals surface area contributed by atoms with Gasteiger partial charge in [-0.15, -0.1) is 11.3 Å². The van der Waals surface area contributed by atoms with E-state index in [1.165, 1.54) is 16.2 Å². The fourth-order valence-corrected chi connectivity index (χ4v) is 3.15. The van der Waals surface area contributed by atoms with Crippen molar-refractivity contribution < 1.29 is 9.53 Å². The largest absolute Gasteiger partial charge is 0.466 e. The van der Waals surface area contributed by atoms with Crippen molar-refractivity contribution in [2.75, 3.05) is 25.0 Å². The second kappa shape index (κ2) is 6.67. The minimum Gasteiger partial charge on any atom is -0.466 e. The lowest BCUT2D eigenvalue weighted by atomic mass is 10.2. The Bertz CT molecular complexity index is 502. The molecule has 8 heteroatoms. The Balaban J connectivity index is 1.88. The van der Waals surface area contributed by atoms with Crippen LogP contribution in [0.15, 0.2) is 0 Å². The van der Waals surface area contributed by atoms with Crippen LogP contribution >= 0.6 is 11.3 Å². The number of ether oxygens (including phenoxy) is 1. The number of nitrogens with zero attached hydrogens (tertiary/aromatic N) is 2. The fraction of sp³-hybridized carbons (Fsp3) is 0.583. The zero-order valence-electron chi connectivity index (χ0n) is 11.4. The molecule has 1 aliphatic rings. The van der Waals surface area contributed by atoms with Crippen molar-refractivity contribution in [1.29, 1.82) is 5.41 Å². The molecule has 1 aromatic rings. The minimum atomic E-state index is -0.151. The van der Waals surface area contributed by atoms with Gasteiger partial charge in [-0.05, 0) is 6.92 Å². The van der Waals surface area contributed by atoms with Gasteiger partial charge in [0.05, 0.1) is 18.7 Å².